The number of rotatable bonds is 8. The molecule has 45 heavy (non-hydrogen) atoms. The highest BCUT2D eigenvalue weighted by molar-refractivity contribution is 9.10. The lowest BCUT2D eigenvalue weighted by atomic mass is 9.69. The molecule has 0 spiro atoms. The summed E-state index contributed by atoms with van der Waals surface area (Å²) in [6.07, 6.45) is 9.13. The van der Waals surface area contributed by atoms with Gasteiger partial charge in [0.25, 0.3) is 0 Å². The van der Waals surface area contributed by atoms with Gasteiger partial charge in [0.2, 0.25) is 0 Å². The molecule has 1 aliphatic carbocycles. The van der Waals surface area contributed by atoms with Crippen molar-refractivity contribution in [1.82, 2.24) is 14.5 Å². The summed E-state index contributed by atoms with van der Waals surface area (Å²) in [5, 5.41) is 1.31. The number of nitrogens with two attached hydrogens (primary N) is 1. The number of likely N-dealkylation sites (tertiary alicyclic amines) is 1. The van der Waals surface area contributed by atoms with Gasteiger partial charge in [0.15, 0.2) is 0 Å². The summed E-state index contributed by atoms with van der Waals surface area (Å²) in [7, 11) is 6.07. The van der Waals surface area contributed by atoms with Crippen LogP contribution in [0.1, 0.15) is 58.0 Å². The summed E-state index contributed by atoms with van der Waals surface area (Å²) in [6, 6.07) is 15.2. The first-order valence-electron chi connectivity index (χ1n) is 15.3. The first-order valence-corrected chi connectivity index (χ1v) is 16.1. The molecule has 4 aromatic rings. The van der Waals surface area contributed by atoms with Crippen molar-refractivity contribution >= 4 is 44.5 Å². The number of piperidine rings is 1. The van der Waals surface area contributed by atoms with E-state index in [-0.39, 0.29) is 23.9 Å². The number of hydrogen-bond acceptors (Lipinski definition) is 8. The number of methoxy groups -OCH3 is 1. The number of nitrogens with zero attached hydrogens (tertiary/aromatic N) is 3. The van der Waals surface area contributed by atoms with Gasteiger partial charge in [-0.05, 0) is 89.8 Å². The predicted molar refractivity (Wildman–Crippen MR) is 178 cm³/mol. The van der Waals surface area contributed by atoms with Crippen molar-refractivity contribution in [2.45, 2.75) is 44.2 Å². The smallest absolute Gasteiger partial charge is 0.339 e. The third-order valence-corrected chi connectivity index (χ3v) is 9.24. The zero-order valence-electron chi connectivity index (χ0n) is 26.3. The highest BCUT2D eigenvalue weighted by atomic mass is 79.9. The van der Waals surface area contributed by atoms with E-state index < -0.39 is 5.60 Å². The fourth-order valence-corrected chi connectivity index (χ4v) is 7.00. The van der Waals surface area contributed by atoms with Crippen molar-refractivity contribution in [1.29, 1.82) is 0 Å². The summed E-state index contributed by atoms with van der Waals surface area (Å²) in [5.74, 6) is -0.453. The van der Waals surface area contributed by atoms with Crippen molar-refractivity contribution in [2.24, 2.45) is 13.0 Å². The lowest BCUT2D eigenvalue weighted by Gasteiger charge is -2.53. The molecule has 3 heterocycles. The Morgan fingerprint density at radius 1 is 1.07 bits per heavy atom. The fourth-order valence-electron chi connectivity index (χ4n) is 6.64. The number of carbonyl (C=O) groups is 2. The first-order chi connectivity index (χ1) is 21.7. The van der Waals surface area contributed by atoms with Crippen molar-refractivity contribution in [3.05, 3.63) is 93.8 Å². The molecule has 10 heteroatoms. The Morgan fingerprint density at radius 2 is 1.82 bits per heavy atom. The molecule has 0 amide bonds. The van der Waals surface area contributed by atoms with Gasteiger partial charge in [0.05, 0.1) is 24.3 Å². The van der Waals surface area contributed by atoms with Gasteiger partial charge in [-0.25, -0.2) is 9.59 Å². The zero-order chi connectivity index (χ0) is 32.1. The van der Waals surface area contributed by atoms with Gasteiger partial charge in [-0.2, -0.15) is 0 Å². The van der Waals surface area contributed by atoms with Crippen LogP contribution in [0.2, 0.25) is 0 Å². The maximum Gasteiger partial charge on any atom is 0.339 e. The maximum absolute atomic E-state index is 12.5. The van der Waals surface area contributed by atoms with E-state index in [1.807, 2.05) is 7.11 Å². The molecule has 2 aromatic heterocycles. The number of carbonyl (C=O) groups excluding carboxylic acids is 2. The Bertz CT molecular complexity index is 1660. The van der Waals surface area contributed by atoms with Crippen LogP contribution in [0, 0.1) is 5.92 Å². The Labute approximate surface area is 272 Å². The van der Waals surface area contributed by atoms with Crippen molar-refractivity contribution in [2.75, 3.05) is 39.6 Å². The van der Waals surface area contributed by atoms with E-state index >= 15 is 0 Å². The van der Waals surface area contributed by atoms with Gasteiger partial charge in [0.1, 0.15) is 5.60 Å². The van der Waals surface area contributed by atoms with Crippen LogP contribution in [0.4, 0.5) is 5.69 Å². The van der Waals surface area contributed by atoms with Crippen LogP contribution in [0.25, 0.3) is 10.9 Å². The summed E-state index contributed by atoms with van der Waals surface area (Å²) >= 11 is 3.35. The topological polar surface area (TPSA) is 109 Å². The number of pyridine rings is 1. The van der Waals surface area contributed by atoms with Crippen LogP contribution in [0.3, 0.4) is 0 Å². The molecule has 6 rings (SSSR count). The summed E-state index contributed by atoms with van der Waals surface area (Å²) in [4.78, 5) is 30.3. The molecule has 0 bridgehead atoms. The summed E-state index contributed by atoms with van der Waals surface area (Å²) < 4.78 is 20.0. The molecule has 0 saturated carbocycles. The number of aryl methyl sites for hydroxylation is 1. The van der Waals surface area contributed by atoms with E-state index in [1.54, 1.807) is 36.5 Å². The predicted octanol–water partition coefficient (Wildman–Crippen LogP) is 6.14. The average molecular weight is 678 g/mol. The second-order valence-corrected chi connectivity index (χ2v) is 12.8. The normalized spacial score (nSPS) is 20.6. The average Bonchev–Trinajstić information content (AvgIpc) is 3.37. The van der Waals surface area contributed by atoms with Gasteiger partial charge in [0, 0.05) is 72.3 Å². The molecule has 1 saturated heterocycles. The fraction of sp³-hybridized carbons (Fsp3) is 0.400. The van der Waals surface area contributed by atoms with Crippen LogP contribution >= 0.6 is 15.9 Å². The molecule has 3 unspecified atom stereocenters. The third-order valence-electron chi connectivity index (χ3n) is 8.80. The van der Waals surface area contributed by atoms with E-state index in [2.05, 4.69) is 75.8 Å². The number of nitrogen functional groups attached to an aromatic ring is 1. The van der Waals surface area contributed by atoms with Gasteiger partial charge < -0.3 is 24.5 Å². The lowest BCUT2D eigenvalue weighted by molar-refractivity contribution is -0.131. The number of anilines is 1. The molecule has 2 aromatic carbocycles. The van der Waals surface area contributed by atoms with Crippen molar-refractivity contribution in [3.8, 4) is 0 Å². The quantitative estimate of drug-likeness (QED) is 0.135. The minimum atomic E-state index is -0.421. The number of esters is 2. The number of halogens is 1. The number of ether oxygens (including phenoxy) is 3. The molecule has 9 nitrogen and oxygen atoms in total. The van der Waals surface area contributed by atoms with Gasteiger partial charge in [-0.15, -0.1) is 0 Å². The Kier molecular flexibility index (Phi) is 10.3. The largest absolute Gasteiger partial charge is 0.462 e. The second kappa shape index (κ2) is 14.1. The molecular formula is C35H41BrN4O5. The standard InChI is InChI=1S/C24H26BrN3O3.C11H15NO2/c1-27-13-17-8-21-24(30-3,19-5-4-6-20(27)22(17)19)9-15(12-28(21)2)14-31-23(29)16-7-18(25)11-26-10-16;1-2-3-8-14-11(13)9-4-6-10(12)7-5-9/h4-7,10-11,13,15,21H,8-9,12,14H2,1-3H3;4-7H,2-3,8,12H2,1H3. The van der Waals surface area contributed by atoms with Gasteiger partial charge in [-0.3, -0.25) is 9.88 Å². The monoisotopic (exact) mass is 676 g/mol. The number of unbranched alkanes of at least 4 members (excludes halogenated alkanes) is 1. The first kappa shape index (κ1) is 32.7. The zero-order valence-corrected chi connectivity index (χ0v) is 27.9. The molecule has 1 fully saturated rings. The van der Waals surface area contributed by atoms with E-state index in [9.17, 15) is 9.59 Å². The molecular weight excluding hydrogens is 636 g/mol. The van der Waals surface area contributed by atoms with Crippen molar-refractivity contribution in [3.63, 3.8) is 0 Å². The highest BCUT2D eigenvalue weighted by Crippen LogP contribution is 2.49. The number of likely N-dealkylation sites (N-methyl/N-ethyl adjacent to an activating group) is 1. The molecule has 3 atom stereocenters. The van der Waals surface area contributed by atoms with Crippen LogP contribution in [0.15, 0.2) is 71.6 Å². The highest BCUT2D eigenvalue weighted by Gasteiger charge is 2.51. The summed E-state index contributed by atoms with van der Waals surface area (Å²) in [6.45, 7) is 3.75. The maximum atomic E-state index is 12.5. The molecule has 2 aliphatic rings. The van der Waals surface area contributed by atoms with Gasteiger partial charge >= 0.3 is 11.9 Å². The molecule has 1 aliphatic heterocycles. The number of aromatic nitrogens is 2. The van der Waals surface area contributed by atoms with E-state index in [4.69, 9.17) is 19.9 Å². The van der Waals surface area contributed by atoms with Crippen LogP contribution in [-0.2, 0) is 33.3 Å². The molecule has 2 N–H and O–H groups in total. The number of fused-ring (bicyclic) bond motifs is 2. The van der Waals surface area contributed by atoms with Crippen LogP contribution < -0.4 is 5.73 Å². The minimum Gasteiger partial charge on any atom is -0.462 e. The molecule has 0 radical (unpaired) electrons. The second-order valence-electron chi connectivity index (χ2n) is 11.9. The Balaban J connectivity index is 0.000000241. The number of benzene rings is 2. The van der Waals surface area contributed by atoms with E-state index in [0.717, 1.165) is 36.7 Å². The summed E-state index contributed by atoms with van der Waals surface area (Å²) in [5.41, 5.74) is 10.6. The SMILES string of the molecule is CCCCOC(=O)c1ccc(N)cc1.COC12CC(COC(=O)c3cncc(Br)c3)CN(C)C1Cc1cn(C)c3cccc2c13. The third kappa shape index (κ3) is 6.93. The van der Waals surface area contributed by atoms with E-state index in [0.29, 0.717) is 30.0 Å². The lowest BCUT2D eigenvalue weighted by Crippen LogP contribution is -2.59. The van der Waals surface area contributed by atoms with Crippen LogP contribution in [0.5, 0.6) is 0 Å². The molecule has 238 valence electrons. The number of hydrogen-bond donors (Lipinski definition) is 1. The minimum absolute atomic E-state index is 0.172. The Hall–Kier alpha value is -3.73. The van der Waals surface area contributed by atoms with Crippen LogP contribution in [-0.4, -0.2) is 66.3 Å². The van der Waals surface area contributed by atoms with Crippen molar-refractivity contribution < 1.29 is 23.8 Å². The van der Waals surface area contributed by atoms with E-state index in [1.165, 1.54) is 28.2 Å². The Morgan fingerprint density at radius 3 is 2.53 bits per heavy atom. The van der Waals surface area contributed by atoms with Gasteiger partial charge in [-0.1, -0.05) is 25.5 Å².